The summed E-state index contributed by atoms with van der Waals surface area (Å²) < 4.78 is 1.02. The van der Waals surface area contributed by atoms with E-state index in [-0.39, 0.29) is 11.6 Å². The number of nitrogens with one attached hydrogen (secondary N) is 1. The van der Waals surface area contributed by atoms with E-state index in [9.17, 15) is 0 Å². The Morgan fingerprint density at radius 3 is 2.62 bits per heavy atom. The first-order valence-corrected chi connectivity index (χ1v) is 8.50. The fraction of sp³-hybridized carbons (Fsp3) is 0.688. The Kier molecular flexibility index (Phi) is 5.77. The average Bonchev–Trinajstić information content (AvgIpc) is 2.46. The van der Waals surface area contributed by atoms with Crippen LogP contribution in [0.1, 0.15) is 38.2 Å². The van der Waals surface area contributed by atoms with Gasteiger partial charge in [0.2, 0.25) is 0 Å². The number of rotatable bonds is 5. The van der Waals surface area contributed by atoms with E-state index in [1.165, 1.54) is 31.2 Å². The topological polar surface area (TPSA) is 54.2 Å². The molecule has 1 saturated carbocycles. The fourth-order valence-electron chi connectivity index (χ4n) is 3.58. The zero-order chi connectivity index (χ0) is 15.5. The van der Waals surface area contributed by atoms with E-state index >= 15 is 0 Å². The highest BCUT2D eigenvalue weighted by atomic mass is 79.9. The summed E-state index contributed by atoms with van der Waals surface area (Å²) in [6, 6.07) is 2.36. The molecule has 0 saturated heterocycles. The molecule has 1 unspecified atom stereocenters. The second kappa shape index (κ2) is 7.18. The van der Waals surface area contributed by atoms with Gasteiger partial charge in [-0.2, -0.15) is 0 Å². The van der Waals surface area contributed by atoms with E-state index in [4.69, 9.17) is 5.84 Å². The Morgan fingerprint density at radius 1 is 1.43 bits per heavy atom. The van der Waals surface area contributed by atoms with Gasteiger partial charge < -0.3 is 4.90 Å². The molecule has 5 heteroatoms. The second-order valence-corrected chi connectivity index (χ2v) is 7.53. The maximum atomic E-state index is 5.94. The summed E-state index contributed by atoms with van der Waals surface area (Å²) in [4.78, 5) is 6.64. The van der Waals surface area contributed by atoms with Crippen LogP contribution in [-0.4, -0.2) is 35.6 Å². The van der Waals surface area contributed by atoms with Crippen LogP contribution in [0, 0.1) is 5.92 Å². The van der Waals surface area contributed by atoms with Gasteiger partial charge in [-0.05, 0) is 79.7 Å². The molecule has 1 aromatic rings. The molecule has 0 amide bonds. The Labute approximate surface area is 136 Å². The largest absolute Gasteiger partial charge is 0.302 e. The van der Waals surface area contributed by atoms with E-state index in [0.717, 1.165) is 16.8 Å². The number of hydrazine groups is 1. The number of halogens is 1. The first-order valence-electron chi connectivity index (χ1n) is 7.71. The van der Waals surface area contributed by atoms with Crippen LogP contribution >= 0.6 is 15.9 Å². The lowest BCUT2D eigenvalue weighted by molar-refractivity contribution is 0.0434. The normalized spacial score (nSPS) is 27.8. The molecular formula is C16H27BrN4. The predicted molar refractivity (Wildman–Crippen MR) is 90.8 cm³/mol. The molecule has 0 spiro atoms. The van der Waals surface area contributed by atoms with E-state index in [1.54, 1.807) is 0 Å². The summed E-state index contributed by atoms with van der Waals surface area (Å²) in [6.07, 6.45) is 9.58. The SMILES string of the molecule is CC1CCC(C(Cc2cncc(Br)c2)NN)(N(C)C)CC1. The van der Waals surface area contributed by atoms with Gasteiger partial charge in [-0.3, -0.25) is 16.3 Å². The maximum Gasteiger partial charge on any atom is 0.0435 e. The van der Waals surface area contributed by atoms with Crippen molar-refractivity contribution in [1.82, 2.24) is 15.3 Å². The standard InChI is InChI=1S/C16H27BrN4/c1-12-4-6-16(7-5-12,21(2)3)15(20-18)9-13-8-14(17)11-19-10-13/h8,10-12,15,20H,4-7,9,18H2,1-3H3. The highest BCUT2D eigenvalue weighted by molar-refractivity contribution is 9.10. The Balaban J connectivity index is 2.20. The molecule has 0 bridgehead atoms. The smallest absolute Gasteiger partial charge is 0.0435 e. The van der Waals surface area contributed by atoms with Crippen molar-refractivity contribution < 1.29 is 0 Å². The molecular weight excluding hydrogens is 328 g/mol. The van der Waals surface area contributed by atoms with Gasteiger partial charge in [-0.25, -0.2) is 0 Å². The van der Waals surface area contributed by atoms with Crippen molar-refractivity contribution in [2.24, 2.45) is 11.8 Å². The van der Waals surface area contributed by atoms with Crippen molar-refractivity contribution in [2.75, 3.05) is 14.1 Å². The van der Waals surface area contributed by atoms with Crippen molar-refractivity contribution in [2.45, 2.75) is 50.6 Å². The first kappa shape index (κ1) is 16.9. The minimum Gasteiger partial charge on any atom is -0.302 e. The quantitative estimate of drug-likeness (QED) is 0.630. The molecule has 0 radical (unpaired) electrons. The van der Waals surface area contributed by atoms with Crippen LogP contribution in [0.5, 0.6) is 0 Å². The Morgan fingerprint density at radius 2 is 2.10 bits per heavy atom. The summed E-state index contributed by atoms with van der Waals surface area (Å²) in [5, 5.41) is 0. The summed E-state index contributed by atoms with van der Waals surface area (Å²) in [5.41, 5.74) is 4.44. The Bertz CT molecular complexity index is 455. The number of hydrogen-bond acceptors (Lipinski definition) is 4. The van der Waals surface area contributed by atoms with Crippen LogP contribution in [0.2, 0.25) is 0 Å². The van der Waals surface area contributed by atoms with Gasteiger partial charge in [0.1, 0.15) is 0 Å². The zero-order valence-electron chi connectivity index (χ0n) is 13.3. The van der Waals surface area contributed by atoms with Crippen LogP contribution < -0.4 is 11.3 Å². The van der Waals surface area contributed by atoms with Gasteiger partial charge in [-0.15, -0.1) is 0 Å². The lowest BCUT2D eigenvalue weighted by Gasteiger charge is -2.49. The zero-order valence-corrected chi connectivity index (χ0v) is 14.9. The van der Waals surface area contributed by atoms with Crippen molar-refractivity contribution in [1.29, 1.82) is 0 Å². The van der Waals surface area contributed by atoms with Gasteiger partial charge in [0.15, 0.2) is 0 Å². The van der Waals surface area contributed by atoms with Gasteiger partial charge in [0, 0.05) is 28.4 Å². The number of nitrogens with zero attached hydrogens (tertiary/aromatic N) is 2. The van der Waals surface area contributed by atoms with E-state index in [0.29, 0.717) is 0 Å². The Hall–Kier alpha value is -0.490. The summed E-state index contributed by atoms with van der Waals surface area (Å²) >= 11 is 3.50. The van der Waals surface area contributed by atoms with Crippen LogP contribution in [0.4, 0.5) is 0 Å². The van der Waals surface area contributed by atoms with Crippen molar-refractivity contribution in [3.05, 3.63) is 28.5 Å². The molecule has 1 atom stereocenters. The maximum absolute atomic E-state index is 5.94. The predicted octanol–water partition coefficient (Wildman–Crippen LogP) is 2.73. The van der Waals surface area contributed by atoms with Crippen LogP contribution in [0.25, 0.3) is 0 Å². The minimum absolute atomic E-state index is 0.129. The lowest BCUT2D eigenvalue weighted by Crippen LogP contribution is -2.62. The molecule has 21 heavy (non-hydrogen) atoms. The molecule has 0 aliphatic heterocycles. The molecule has 3 N–H and O–H groups in total. The van der Waals surface area contributed by atoms with E-state index < -0.39 is 0 Å². The first-order chi connectivity index (χ1) is 9.98. The van der Waals surface area contributed by atoms with E-state index in [1.807, 2.05) is 12.4 Å². The average molecular weight is 355 g/mol. The molecule has 4 nitrogen and oxygen atoms in total. The van der Waals surface area contributed by atoms with Crippen molar-refractivity contribution >= 4 is 15.9 Å². The third-order valence-corrected chi connectivity index (χ3v) is 5.52. The second-order valence-electron chi connectivity index (χ2n) is 6.62. The molecule has 1 aliphatic carbocycles. The summed E-state index contributed by atoms with van der Waals surface area (Å²) in [5.74, 6) is 6.76. The molecule has 0 aromatic carbocycles. The van der Waals surface area contributed by atoms with Gasteiger partial charge in [0.05, 0.1) is 0 Å². The van der Waals surface area contributed by atoms with Crippen LogP contribution in [0.3, 0.4) is 0 Å². The third-order valence-electron chi connectivity index (χ3n) is 5.08. The fourth-order valence-corrected chi connectivity index (χ4v) is 3.99. The number of aromatic nitrogens is 1. The highest BCUT2D eigenvalue weighted by Gasteiger charge is 2.42. The van der Waals surface area contributed by atoms with Crippen molar-refractivity contribution in [3.8, 4) is 0 Å². The van der Waals surface area contributed by atoms with Gasteiger partial charge in [0.25, 0.3) is 0 Å². The molecule has 1 fully saturated rings. The number of nitrogens with two attached hydrogens (primary N) is 1. The molecule has 118 valence electrons. The lowest BCUT2D eigenvalue weighted by atomic mass is 9.71. The van der Waals surface area contributed by atoms with Gasteiger partial charge >= 0.3 is 0 Å². The number of likely N-dealkylation sites (N-methyl/N-ethyl adjacent to an activating group) is 1. The molecule has 1 heterocycles. The van der Waals surface area contributed by atoms with E-state index in [2.05, 4.69) is 58.3 Å². The third kappa shape index (κ3) is 3.83. The van der Waals surface area contributed by atoms with Crippen molar-refractivity contribution in [3.63, 3.8) is 0 Å². The highest BCUT2D eigenvalue weighted by Crippen LogP contribution is 2.38. The van der Waals surface area contributed by atoms with Gasteiger partial charge in [-0.1, -0.05) is 6.92 Å². The van der Waals surface area contributed by atoms with Crippen LogP contribution in [0.15, 0.2) is 22.9 Å². The molecule has 1 aliphatic rings. The number of pyridine rings is 1. The summed E-state index contributed by atoms with van der Waals surface area (Å²) in [6.45, 7) is 2.35. The molecule has 2 rings (SSSR count). The van der Waals surface area contributed by atoms with Crippen LogP contribution in [-0.2, 0) is 6.42 Å². The minimum atomic E-state index is 0.129. The number of hydrogen-bond donors (Lipinski definition) is 2. The monoisotopic (exact) mass is 354 g/mol. The molecule has 1 aromatic heterocycles. The summed E-state index contributed by atoms with van der Waals surface area (Å²) in [7, 11) is 4.36.